The molecule has 0 fully saturated rings. The van der Waals surface area contributed by atoms with Gasteiger partial charge in [0.1, 0.15) is 5.75 Å². The number of alkyl halides is 2. The van der Waals surface area contributed by atoms with E-state index in [2.05, 4.69) is 20.7 Å². The summed E-state index contributed by atoms with van der Waals surface area (Å²) in [6.07, 6.45) is 0. The van der Waals surface area contributed by atoms with Gasteiger partial charge in [-0.15, -0.1) is 0 Å². The number of anilines is 1. The maximum atomic E-state index is 12.2. The number of hydrogen-bond donors (Lipinski definition) is 3. The largest absolute Gasteiger partial charge is 0.434 e. The van der Waals surface area contributed by atoms with Crippen molar-refractivity contribution in [2.45, 2.75) is 20.5 Å². The summed E-state index contributed by atoms with van der Waals surface area (Å²) >= 11 is 0. The Hall–Kier alpha value is -2.71. The highest BCUT2D eigenvalue weighted by atomic mass is 19.3. The molecule has 23 heavy (non-hydrogen) atoms. The fourth-order valence-corrected chi connectivity index (χ4v) is 1.61. The van der Waals surface area contributed by atoms with Crippen LogP contribution < -0.4 is 20.7 Å². The molecule has 1 aromatic rings. The predicted octanol–water partition coefficient (Wildman–Crippen LogP) is 0.787. The summed E-state index contributed by atoms with van der Waals surface area (Å²) in [6.45, 7) is -0.746. The van der Waals surface area contributed by atoms with E-state index in [-0.39, 0.29) is 24.7 Å². The zero-order valence-corrected chi connectivity index (χ0v) is 12.6. The van der Waals surface area contributed by atoms with E-state index in [9.17, 15) is 23.2 Å². The van der Waals surface area contributed by atoms with Crippen molar-refractivity contribution >= 4 is 23.4 Å². The van der Waals surface area contributed by atoms with Crippen molar-refractivity contribution < 1.29 is 27.9 Å². The summed E-state index contributed by atoms with van der Waals surface area (Å²) < 4.78 is 28.8. The minimum absolute atomic E-state index is 0.0486. The zero-order valence-electron chi connectivity index (χ0n) is 12.6. The first-order valence-electron chi connectivity index (χ1n) is 6.65. The normalized spacial score (nSPS) is 10.1. The van der Waals surface area contributed by atoms with Crippen molar-refractivity contribution in [2.75, 3.05) is 18.4 Å². The van der Waals surface area contributed by atoms with Crippen LogP contribution in [0.4, 0.5) is 14.5 Å². The second-order valence-corrected chi connectivity index (χ2v) is 4.54. The number of benzene rings is 1. The quantitative estimate of drug-likeness (QED) is 0.689. The lowest BCUT2D eigenvalue weighted by Gasteiger charge is -2.13. The van der Waals surface area contributed by atoms with Gasteiger partial charge in [-0.2, -0.15) is 8.78 Å². The number of carbonyl (C=O) groups excluding carboxylic acids is 3. The predicted molar refractivity (Wildman–Crippen MR) is 78.1 cm³/mol. The monoisotopic (exact) mass is 329 g/mol. The Kier molecular flexibility index (Phi) is 6.91. The smallest absolute Gasteiger partial charge is 0.387 e. The van der Waals surface area contributed by atoms with Crippen LogP contribution in [-0.2, 0) is 14.4 Å². The molecule has 0 heterocycles. The van der Waals surface area contributed by atoms with Gasteiger partial charge in [0.25, 0.3) is 0 Å². The molecule has 0 unspecified atom stereocenters. The Bertz CT molecular complexity index is 593. The Morgan fingerprint density at radius 3 is 2.39 bits per heavy atom. The Balaban J connectivity index is 2.54. The molecule has 7 nitrogen and oxygen atoms in total. The third kappa shape index (κ3) is 6.72. The molecule has 0 aliphatic rings. The lowest BCUT2D eigenvalue weighted by Crippen LogP contribution is -2.39. The molecule has 0 atom stereocenters. The van der Waals surface area contributed by atoms with E-state index in [0.29, 0.717) is 11.3 Å². The first-order valence-corrected chi connectivity index (χ1v) is 6.65. The molecule has 3 amide bonds. The number of nitrogens with one attached hydrogen (secondary N) is 3. The van der Waals surface area contributed by atoms with Crippen LogP contribution >= 0.6 is 0 Å². The van der Waals surface area contributed by atoms with Gasteiger partial charge in [-0.05, 0) is 19.1 Å². The van der Waals surface area contributed by atoms with Gasteiger partial charge < -0.3 is 20.7 Å². The standard InChI is InChI=1S/C14H17F2N3O4/c1-8-10(4-3-5-11(8)23-14(15)16)19-13(22)7-18-12(21)6-17-9(2)20/h3-5,14H,6-7H2,1-2H3,(H,17,20)(H,18,21)(H,19,22). The van der Waals surface area contributed by atoms with Crippen molar-refractivity contribution in [1.29, 1.82) is 0 Å². The van der Waals surface area contributed by atoms with Crippen LogP contribution in [0.2, 0.25) is 0 Å². The Labute approximate surface area is 131 Å². The van der Waals surface area contributed by atoms with Crippen molar-refractivity contribution in [1.82, 2.24) is 10.6 Å². The Morgan fingerprint density at radius 1 is 1.13 bits per heavy atom. The lowest BCUT2D eigenvalue weighted by molar-refractivity contribution is -0.126. The van der Waals surface area contributed by atoms with Crippen LogP contribution in [0.25, 0.3) is 0 Å². The summed E-state index contributed by atoms with van der Waals surface area (Å²) in [6, 6.07) is 4.33. The van der Waals surface area contributed by atoms with E-state index in [0.717, 1.165) is 0 Å². The molecule has 0 aliphatic carbocycles. The van der Waals surface area contributed by atoms with E-state index < -0.39 is 18.4 Å². The van der Waals surface area contributed by atoms with Crippen LogP contribution in [0.3, 0.4) is 0 Å². The average Bonchev–Trinajstić information content (AvgIpc) is 2.46. The van der Waals surface area contributed by atoms with Crippen molar-refractivity contribution in [2.24, 2.45) is 0 Å². The van der Waals surface area contributed by atoms with Gasteiger partial charge in [-0.3, -0.25) is 14.4 Å². The number of rotatable bonds is 7. The van der Waals surface area contributed by atoms with Gasteiger partial charge in [0, 0.05) is 18.2 Å². The summed E-state index contributed by atoms with van der Waals surface area (Å²) in [5.41, 5.74) is 0.634. The highest BCUT2D eigenvalue weighted by Gasteiger charge is 2.12. The number of amides is 3. The highest BCUT2D eigenvalue weighted by Crippen LogP contribution is 2.26. The van der Waals surface area contributed by atoms with E-state index in [1.807, 2.05) is 0 Å². The zero-order chi connectivity index (χ0) is 17.4. The first kappa shape index (κ1) is 18.3. The third-order valence-corrected chi connectivity index (χ3v) is 2.72. The number of ether oxygens (including phenoxy) is 1. The molecule has 0 saturated heterocycles. The molecule has 0 aliphatic heterocycles. The van der Waals surface area contributed by atoms with E-state index >= 15 is 0 Å². The molecule has 0 saturated carbocycles. The van der Waals surface area contributed by atoms with Gasteiger partial charge in [-0.25, -0.2) is 0 Å². The molecule has 0 bridgehead atoms. The lowest BCUT2D eigenvalue weighted by atomic mass is 10.2. The van der Waals surface area contributed by atoms with E-state index in [1.54, 1.807) is 0 Å². The molecule has 1 aromatic carbocycles. The van der Waals surface area contributed by atoms with Crippen molar-refractivity contribution in [3.8, 4) is 5.75 Å². The summed E-state index contributed by atoms with van der Waals surface area (Å²) in [5.74, 6) is -1.48. The minimum atomic E-state index is -2.97. The van der Waals surface area contributed by atoms with Crippen molar-refractivity contribution in [3.05, 3.63) is 23.8 Å². The molecular weight excluding hydrogens is 312 g/mol. The van der Waals surface area contributed by atoms with Crippen LogP contribution in [0.1, 0.15) is 12.5 Å². The van der Waals surface area contributed by atoms with Gasteiger partial charge >= 0.3 is 6.61 Å². The fraction of sp³-hybridized carbons (Fsp3) is 0.357. The first-order chi connectivity index (χ1) is 10.8. The topological polar surface area (TPSA) is 96.5 Å². The second kappa shape index (κ2) is 8.66. The fourth-order valence-electron chi connectivity index (χ4n) is 1.61. The molecule has 0 radical (unpaired) electrons. The van der Waals surface area contributed by atoms with Crippen molar-refractivity contribution in [3.63, 3.8) is 0 Å². The molecular formula is C14H17F2N3O4. The van der Waals surface area contributed by atoms with Crippen LogP contribution in [0, 0.1) is 6.92 Å². The average molecular weight is 329 g/mol. The number of hydrogen-bond acceptors (Lipinski definition) is 4. The van der Waals surface area contributed by atoms with Gasteiger partial charge in [0.05, 0.1) is 13.1 Å². The van der Waals surface area contributed by atoms with Gasteiger partial charge in [-0.1, -0.05) is 6.07 Å². The maximum absolute atomic E-state index is 12.2. The molecule has 3 N–H and O–H groups in total. The number of carbonyl (C=O) groups is 3. The summed E-state index contributed by atoms with van der Waals surface area (Å²) in [4.78, 5) is 33.7. The summed E-state index contributed by atoms with van der Waals surface area (Å²) in [5, 5.41) is 7.07. The molecule has 0 aromatic heterocycles. The maximum Gasteiger partial charge on any atom is 0.387 e. The highest BCUT2D eigenvalue weighted by molar-refractivity contribution is 5.95. The minimum Gasteiger partial charge on any atom is -0.434 e. The summed E-state index contributed by atoms with van der Waals surface area (Å²) in [7, 11) is 0. The van der Waals surface area contributed by atoms with Crippen LogP contribution in [-0.4, -0.2) is 37.4 Å². The molecule has 126 valence electrons. The molecule has 0 spiro atoms. The third-order valence-electron chi connectivity index (χ3n) is 2.72. The molecule has 1 rings (SSSR count). The Morgan fingerprint density at radius 2 is 1.78 bits per heavy atom. The van der Waals surface area contributed by atoms with Crippen LogP contribution in [0.5, 0.6) is 5.75 Å². The van der Waals surface area contributed by atoms with Gasteiger partial charge in [0.15, 0.2) is 0 Å². The SMILES string of the molecule is CC(=O)NCC(=O)NCC(=O)Nc1cccc(OC(F)F)c1C. The number of halogens is 2. The van der Waals surface area contributed by atoms with Gasteiger partial charge in [0.2, 0.25) is 17.7 Å². The second-order valence-electron chi connectivity index (χ2n) is 4.54. The molecule has 9 heteroatoms. The van der Waals surface area contributed by atoms with E-state index in [1.165, 1.54) is 32.0 Å². The van der Waals surface area contributed by atoms with Crippen LogP contribution in [0.15, 0.2) is 18.2 Å². The van der Waals surface area contributed by atoms with E-state index in [4.69, 9.17) is 0 Å².